The molecule has 1 aliphatic rings. The highest BCUT2D eigenvalue weighted by Gasteiger charge is 2.32. The number of aliphatic hydroxyl groups excluding tert-OH is 1. The van der Waals surface area contributed by atoms with Gasteiger partial charge in [-0.2, -0.15) is 5.11 Å². The Kier molecular flexibility index (Phi) is 6.47. The zero-order valence-electron chi connectivity index (χ0n) is 16.4. The Balaban J connectivity index is 2.31. The maximum atomic E-state index is 12.9. The van der Waals surface area contributed by atoms with Crippen LogP contribution in [0, 0.1) is 0 Å². The highest BCUT2D eigenvalue weighted by molar-refractivity contribution is 7.92. The maximum absolute atomic E-state index is 12.9. The first-order valence-electron chi connectivity index (χ1n) is 9.06. The summed E-state index contributed by atoms with van der Waals surface area (Å²) < 4.78 is 53.2. The second-order valence-electron chi connectivity index (χ2n) is 6.61. The molecule has 6 N–H and O–H groups in total. The van der Waals surface area contributed by atoms with Gasteiger partial charge in [-0.25, -0.2) is 36.7 Å². The predicted octanol–water partition coefficient (Wildman–Crippen LogP) is 0.197. The molecule has 0 aliphatic carbocycles. The molecule has 1 aliphatic heterocycles. The highest BCUT2D eigenvalue weighted by Crippen LogP contribution is 2.34. The molecule has 2 heterocycles. The highest BCUT2D eigenvalue weighted by atomic mass is 32.2. The molecule has 0 unspecified atom stereocenters. The van der Waals surface area contributed by atoms with Gasteiger partial charge in [0.2, 0.25) is 20.0 Å². The summed E-state index contributed by atoms with van der Waals surface area (Å²) in [6.07, 6.45) is 0.758. The van der Waals surface area contributed by atoms with E-state index in [1.54, 1.807) is 13.0 Å². The van der Waals surface area contributed by atoms with E-state index in [-0.39, 0.29) is 36.0 Å². The predicted molar refractivity (Wildman–Crippen MR) is 113 cm³/mol. The number of nitrogens with one attached hydrogen (secondary N) is 1. The topological polar surface area (TPSA) is 203 Å². The van der Waals surface area contributed by atoms with Crippen LogP contribution in [0.1, 0.15) is 18.9 Å². The first-order chi connectivity index (χ1) is 14.5. The van der Waals surface area contributed by atoms with Crippen molar-refractivity contribution in [3.05, 3.63) is 36.0 Å². The molecule has 166 valence electrons. The fourth-order valence-electron chi connectivity index (χ4n) is 2.87. The van der Waals surface area contributed by atoms with E-state index < -0.39 is 35.9 Å². The molecular formula is C17H21N7O5S2. The summed E-state index contributed by atoms with van der Waals surface area (Å²) in [5.74, 6) is 0.161. The first-order valence-corrected chi connectivity index (χ1v) is 12.1. The molecule has 2 aromatic rings. The minimum absolute atomic E-state index is 0.0449. The van der Waals surface area contributed by atoms with Crippen LogP contribution in [-0.2, 0) is 20.0 Å². The van der Waals surface area contributed by atoms with Crippen molar-refractivity contribution >= 4 is 31.7 Å². The van der Waals surface area contributed by atoms with Crippen molar-refractivity contribution in [2.45, 2.75) is 29.2 Å². The molecule has 0 spiro atoms. The van der Waals surface area contributed by atoms with E-state index in [1.165, 1.54) is 18.3 Å². The molecule has 0 radical (unpaired) electrons. The number of hydrogen-bond donors (Lipinski definition) is 4. The smallest absolute Gasteiger partial charge is 0.242 e. The third kappa shape index (κ3) is 4.94. The van der Waals surface area contributed by atoms with E-state index in [0.29, 0.717) is 12.0 Å². The van der Waals surface area contributed by atoms with E-state index in [9.17, 15) is 21.9 Å². The van der Waals surface area contributed by atoms with Gasteiger partial charge in [0.25, 0.3) is 0 Å². The maximum Gasteiger partial charge on any atom is 0.242 e. The minimum Gasteiger partial charge on any atom is -0.392 e. The van der Waals surface area contributed by atoms with Crippen LogP contribution in [0.4, 0.5) is 5.82 Å². The van der Waals surface area contributed by atoms with E-state index >= 15 is 0 Å². The number of aromatic nitrogens is 1. The van der Waals surface area contributed by atoms with Crippen molar-refractivity contribution in [2.75, 3.05) is 18.9 Å². The summed E-state index contributed by atoms with van der Waals surface area (Å²) in [5, 5.41) is 22.7. The van der Waals surface area contributed by atoms with Crippen LogP contribution in [0.2, 0.25) is 0 Å². The Labute approximate surface area is 179 Å². The zero-order valence-corrected chi connectivity index (χ0v) is 18.1. The molecule has 1 aromatic heterocycles. The molecule has 14 heteroatoms. The number of sulfonamides is 2. The van der Waals surface area contributed by atoms with Crippen LogP contribution in [0.15, 0.2) is 55.5 Å². The fraction of sp³-hybridized carbons (Fsp3) is 0.294. The third-order valence-corrected chi connectivity index (χ3v) is 7.03. The van der Waals surface area contributed by atoms with Gasteiger partial charge in [0.05, 0.1) is 11.7 Å². The van der Waals surface area contributed by atoms with E-state index in [4.69, 9.17) is 10.9 Å². The molecule has 12 nitrogen and oxygen atoms in total. The number of aliphatic hydroxyl groups is 1. The molecule has 0 fully saturated rings. The lowest BCUT2D eigenvalue weighted by Gasteiger charge is -2.17. The monoisotopic (exact) mass is 467 g/mol. The first kappa shape index (κ1) is 22.9. The van der Waals surface area contributed by atoms with Gasteiger partial charge in [-0.15, -0.1) is 5.11 Å². The van der Waals surface area contributed by atoms with Crippen LogP contribution >= 0.6 is 0 Å². The van der Waals surface area contributed by atoms with Crippen LogP contribution in [0.3, 0.4) is 0 Å². The van der Waals surface area contributed by atoms with Crippen LogP contribution in [-0.4, -0.2) is 52.1 Å². The molecule has 31 heavy (non-hydrogen) atoms. The Morgan fingerprint density at radius 3 is 2.48 bits per heavy atom. The van der Waals surface area contributed by atoms with Gasteiger partial charge in [-0.1, -0.05) is 13.0 Å². The Morgan fingerprint density at radius 1 is 1.19 bits per heavy atom. The molecule has 0 saturated carbocycles. The number of rotatable bonds is 8. The van der Waals surface area contributed by atoms with Crippen LogP contribution < -0.4 is 15.6 Å². The van der Waals surface area contributed by atoms with Gasteiger partial charge < -0.3 is 10.8 Å². The lowest BCUT2D eigenvalue weighted by atomic mass is 10.00. The van der Waals surface area contributed by atoms with Crippen molar-refractivity contribution in [1.29, 1.82) is 0 Å². The number of primary sulfonamides is 1. The summed E-state index contributed by atoms with van der Waals surface area (Å²) in [5.41, 5.74) is 6.23. The average molecular weight is 468 g/mol. The Bertz CT molecular complexity index is 1260. The number of nitrogen functional groups attached to an aromatic ring is 1. The van der Waals surface area contributed by atoms with Gasteiger partial charge in [-0.3, -0.25) is 0 Å². The normalized spacial score (nSPS) is 15.1. The SMILES string of the molecule is CC[C@H](O)CNS(=O)(=O)c1ccc(-c2ccc(N)nc2)c(C2=NCN=N2)c1S(N)(=O)=O. The second kappa shape index (κ2) is 8.76. The molecule has 0 amide bonds. The summed E-state index contributed by atoms with van der Waals surface area (Å²) in [6.45, 7) is 1.32. The summed E-state index contributed by atoms with van der Waals surface area (Å²) in [7, 11) is -8.95. The van der Waals surface area contributed by atoms with Crippen molar-refractivity contribution in [3.8, 4) is 11.1 Å². The number of anilines is 1. The molecule has 1 atom stereocenters. The van der Waals surface area contributed by atoms with Gasteiger partial charge >= 0.3 is 0 Å². The third-order valence-electron chi connectivity index (χ3n) is 4.45. The number of nitrogens with two attached hydrogens (primary N) is 2. The Morgan fingerprint density at radius 2 is 1.94 bits per heavy atom. The molecule has 0 saturated heterocycles. The van der Waals surface area contributed by atoms with E-state index in [2.05, 4.69) is 24.9 Å². The number of aliphatic imine (C=N–C) groups is 1. The average Bonchev–Trinajstić information content (AvgIpc) is 3.25. The lowest BCUT2D eigenvalue weighted by molar-refractivity contribution is 0.174. The van der Waals surface area contributed by atoms with Gasteiger partial charge in [0, 0.05) is 18.3 Å². The summed E-state index contributed by atoms with van der Waals surface area (Å²) >= 11 is 0. The molecule has 0 bridgehead atoms. The number of hydrogen-bond acceptors (Lipinski definition) is 10. The van der Waals surface area contributed by atoms with Crippen LogP contribution in [0.25, 0.3) is 11.1 Å². The number of nitrogens with zero attached hydrogens (tertiary/aromatic N) is 4. The van der Waals surface area contributed by atoms with Crippen molar-refractivity contribution in [3.63, 3.8) is 0 Å². The minimum atomic E-state index is -4.58. The number of azo groups is 1. The lowest BCUT2D eigenvalue weighted by Crippen LogP contribution is -2.33. The van der Waals surface area contributed by atoms with Crippen molar-refractivity contribution < 1.29 is 21.9 Å². The van der Waals surface area contributed by atoms with Gasteiger partial charge in [0.1, 0.15) is 15.6 Å². The number of benzene rings is 1. The quantitative estimate of drug-likeness (QED) is 0.424. The van der Waals surface area contributed by atoms with E-state index in [0.717, 1.165) is 6.07 Å². The largest absolute Gasteiger partial charge is 0.392 e. The standard InChI is InChI=1S/C17H21N7O5S2/c1-2-11(25)8-23-31(28,29)13-5-4-12(10-3-6-14(18)20-7-10)15(16(13)30(19,26)27)17-21-9-22-24-17/h3-7,11,23,25H,2,8-9H2,1H3,(H2,18,20)(H2,19,26,27)/t11-/m0/s1. The fourth-order valence-corrected chi connectivity index (χ4v) is 5.54. The summed E-state index contributed by atoms with van der Waals surface area (Å²) in [6, 6.07) is 5.61. The summed E-state index contributed by atoms with van der Waals surface area (Å²) in [4.78, 5) is 6.77. The van der Waals surface area contributed by atoms with Crippen molar-refractivity contribution in [1.82, 2.24) is 9.71 Å². The Hall–Kier alpha value is -2.78. The number of amidine groups is 1. The second-order valence-corrected chi connectivity index (χ2v) is 9.84. The van der Waals surface area contributed by atoms with Gasteiger partial charge in [0.15, 0.2) is 12.5 Å². The van der Waals surface area contributed by atoms with Crippen molar-refractivity contribution in [2.24, 2.45) is 20.4 Å². The molecule has 3 rings (SSSR count). The van der Waals surface area contributed by atoms with Gasteiger partial charge in [-0.05, 0) is 30.2 Å². The van der Waals surface area contributed by atoms with Crippen LogP contribution in [0.5, 0.6) is 0 Å². The zero-order chi connectivity index (χ0) is 22.8. The molecule has 1 aromatic carbocycles. The van der Waals surface area contributed by atoms with E-state index in [1.807, 2.05) is 0 Å². The number of pyridine rings is 1. The molecular weight excluding hydrogens is 446 g/mol.